The molecule has 0 radical (unpaired) electrons. The first-order valence-corrected chi connectivity index (χ1v) is 15.2. The van der Waals surface area contributed by atoms with Gasteiger partial charge in [-0.15, -0.1) is 0 Å². The van der Waals surface area contributed by atoms with Crippen LogP contribution in [0.2, 0.25) is 23.3 Å². The molecule has 3 aromatic heterocycles. The minimum Gasteiger partial charge on any atom is -0.417 e. The molecule has 0 aliphatic carbocycles. The van der Waals surface area contributed by atoms with Crippen LogP contribution in [-0.4, -0.2) is 34.0 Å². The summed E-state index contributed by atoms with van der Waals surface area (Å²) in [5.41, 5.74) is 0.00937. The van der Waals surface area contributed by atoms with Gasteiger partial charge in [0.1, 0.15) is 0 Å². The Morgan fingerprint density at radius 2 is 1.89 bits per heavy atom. The Bertz CT molecular complexity index is 1350. The average Bonchev–Trinajstić information content (AvgIpc) is 2.76. The van der Waals surface area contributed by atoms with Gasteiger partial charge in [-0.05, 0) is 55.1 Å². The van der Waals surface area contributed by atoms with Crippen molar-refractivity contribution in [1.82, 2.24) is 19.1 Å². The van der Waals surface area contributed by atoms with E-state index in [-0.39, 0.29) is 28.5 Å². The van der Waals surface area contributed by atoms with Gasteiger partial charge in [-0.3, -0.25) is 14.3 Å². The molecule has 0 fully saturated rings. The molecule has 190 valence electrons. The highest BCUT2D eigenvalue weighted by Crippen LogP contribution is 2.36. The second-order valence-corrected chi connectivity index (χ2v) is 15.8. The van der Waals surface area contributed by atoms with Crippen molar-refractivity contribution >= 4 is 31.0 Å². The Morgan fingerprint density at radius 3 is 2.51 bits per heavy atom. The van der Waals surface area contributed by atoms with Crippen molar-refractivity contribution in [2.45, 2.75) is 78.1 Å². The summed E-state index contributed by atoms with van der Waals surface area (Å²) in [6.07, 6.45) is 2.89. The van der Waals surface area contributed by atoms with Crippen molar-refractivity contribution in [3.8, 4) is 5.69 Å². The van der Waals surface area contributed by atoms with E-state index < -0.39 is 30.5 Å². The van der Waals surface area contributed by atoms with E-state index in [4.69, 9.17) is 16.0 Å². The molecule has 0 amide bonds. The number of unbranched alkanes of at least 4 members (excludes halogenated alkanes) is 1. The van der Waals surface area contributed by atoms with E-state index in [1.165, 1.54) is 4.57 Å². The number of hydrogen-bond donors (Lipinski definition) is 0. The maximum Gasteiger partial charge on any atom is 0.337 e. The number of halogens is 2. The second-order valence-electron chi connectivity index (χ2n) is 10.6. The van der Waals surface area contributed by atoms with Gasteiger partial charge in [-0.2, -0.15) is 0 Å². The fourth-order valence-corrected chi connectivity index (χ4v) is 4.82. The molecule has 3 rings (SSSR count). The number of fused-ring (bicyclic) bond motifs is 1. The summed E-state index contributed by atoms with van der Waals surface area (Å²) in [6, 6.07) is 4.49. The SMILES string of the molecule is CC(C)c1ncccc1-n1c(=O)n(CCCCO[Si](C)(C)C(C)(C)C)c(=O)c2cc(F)c(Cl)nc21. The van der Waals surface area contributed by atoms with Crippen molar-refractivity contribution in [3.63, 3.8) is 0 Å². The summed E-state index contributed by atoms with van der Waals surface area (Å²) in [5.74, 6) is -0.817. The van der Waals surface area contributed by atoms with E-state index in [2.05, 4.69) is 43.8 Å². The van der Waals surface area contributed by atoms with E-state index >= 15 is 0 Å². The van der Waals surface area contributed by atoms with Gasteiger partial charge in [0.2, 0.25) is 0 Å². The molecule has 3 aromatic rings. The molecule has 35 heavy (non-hydrogen) atoms. The average molecular weight is 521 g/mol. The number of pyridine rings is 2. The summed E-state index contributed by atoms with van der Waals surface area (Å²) in [7, 11) is -1.88. The van der Waals surface area contributed by atoms with E-state index in [9.17, 15) is 14.0 Å². The highest BCUT2D eigenvalue weighted by atomic mass is 35.5. The maximum absolute atomic E-state index is 14.3. The molecular weight excluding hydrogens is 487 g/mol. The quantitative estimate of drug-likeness (QED) is 0.217. The highest BCUT2D eigenvalue weighted by molar-refractivity contribution is 6.74. The van der Waals surface area contributed by atoms with Crippen LogP contribution in [0.25, 0.3) is 16.7 Å². The second kappa shape index (κ2) is 10.3. The summed E-state index contributed by atoms with van der Waals surface area (Å²) in [6.45, 7) is 15.6. The lowest BCUT2D eigenvalue weighted by atomic mass is 10.1. The molecule has 0 N–H and O–H groups in total. The Balaban J connectivity index is 2.04. The van der Waals surface area contributed by atoms with E-state index in [1.54, 1.807) is 18.3 Å². The van der Waals surface area contributed by atoms with Gasteiger partial charge >= 0.3 is 5.69 Å². The Morgan fingerprint density at radius 1 is 1.20 bits per heavy atom. The largest absolute Gasteiger partial charge is 0.417 e. The van der Waals surface area contributed by atoms with Crippen molar-refractivity contribution < 1.29 is 8.82 Å². The minimum absolute atomic E-state index is 0.00284. The van der Waals surface area contributed by atoms with Gasteiger partial charge in [0.05, 0.1) is 16.8 Å². The molecule has 0 atom stereocenters. The van der Waals surface area contributed by atoms with Crippen LogP contribution in [0, 0.1) is 5.82 Å². The van der Waals surface area contributed by atoms with Gasteiger partial charge in [0.25, 0.3) is 5.56 Å². The van der Waals surface area contributed by atoms with Gasteiger partial charge in [-0.1, -0.05) is 46.2 Å². The van der Waals surface area contributed by atoms with Gasteiger partial charge < -0.3 is 4.43 Å². The first-order valence-electron chi connectivity index (χ1n) is 11.9. The van der Waals surface area contributed by atoms with Crippen LogP contribution in [0.5, 0.6) is 0 Å². The van der Waals surface area contributed by atoms with Crippen molar-refractivity contribution in [2.75, 3.05) is 6.61 Å². The molecule has 0 aliphatic rings. The molecule has 10 heteroatoms. The lowest BCUT2D eigenvalue weighted by molar-refractivity contribution is 0.275. The van der Waals surface area contributed by atoms with Crippen molar-refractivity contribution in [3.05, 3.63) is 61.9 Å². The van der Waals surface area contributed by atoms with Crippen molar-refractivity contribution in [1.29, 1.82) is 0 Å². The molecular formula is C25H34ClFN4O3Si. The molecule has 0 saturated carbocycles. The van der Waals surface area contributed by atoms with Crippen LogP contribution in [0.3, 0.4) is 0 Å². The summed E-state index contributed by atoms with van der Waals surface area (Å²) in [5, 5.41) is -0.310. The fraction of sp³-hybridized carbons (Fsp3) is 0.520. The summed E-state index contributed by atoms with van der Waals surface area (Å²) >= 11 is 5.94. The predicted molar refractivity (Wildman–Crippen MR) is 141 cm³/mol. The normalized spacial score (nSPS) is 12.6. The van der Waals surface area contributed by atoms with Crippen LogP contribution in [-0.2, 0) is 11.0 Å². The fourth-order valence-electron chi connectivity index (χ4n) is 3.60. The molecule has 0 unspecified atom stereocenters. The third-order valence-corrected chi connectivity index (χ3v) is 11.5. The molecule has 0 spiro atoms. The number of rotatable bonds is 8. The van der Waals surface area contributed by atoms with Gasteiger partial charge in [0, 0.05) is 19.3 Å². The van der Waals surface area contributed by atoms with E-state index in [0.717, 1.165) is 10.6 Å². The monoisotopic (exact) mass is 520 g/mol. The van der Waals surface area contributed by atoms with Crippen molar-refractivity contribution in [2.24, 2.45) is 0 Å². The molecule has 7 nitrogen and oxygen atoms in total. The lowest BCUT2D eigenvalue weighted by Crippen LogP contribution is -2.41. The smallest absolute Gasteiger partial charge is 0.337 e. The number of aromatic nitrogens is 4. The van der Waals surface area contributed by atoms with E-state index in [0.29, 0.717) is 30.8 Å². The zero-order chi connectivity index (χ0) is 26.1. The zero-order valence-corrected chi connectivity index (χ0v) is 23.2. The zero-order valence-electron chi connectivity index (χ0n) is 21.5. The Labute approximate surface area is 211 Å². The summed E-state index contributed by atoms with van der Waals surface area (Å²) in [4.78, 5) is 35.4. The van der Waals surface area contributed by atoms with Crippen LogP contribution in [0.4, 0.5) is 4.39 Å². The van der Waals surface area contributed by atoms with Gasteiger partial charge in [-0.25, -0.2) is 18.7 Å². The van der Waals surface area contributed by atoms with Gasteiger partial charge in [0.15, 0.2) is 24.9 Å². The van der Waals surface area contributed by atoms with Crippen LogP contribution in [0.1, 0.15) is 59.1 Å². The van der Waals surface area contributed by atoms with Crippen LogP contribution >= 0.6 is 11.6 Å². The maximum atomic E-state index is 14.3. The Kier molecular flexibility index (Phi) is 8.03. The number of nitrogens with zero attached hydrogens (tertiary/aromatic N) is 4. The third-order valence-electron chi connectivity index (χ3n) is 6.67. The van der Waals surface area contributed by atoms with Crippen LogP contribution < -0.4 is 11.2 Å². The Hall–Kier alpha value is -2.36. The lowest BCUT2D eigenvalue weighted by Gasteiger charge is -2.36. The third kappa shape index (κ3) is 5.57. The molecule has 3 heterocycles. The highest BCUT2D eigenvalue weighted by Gasteiger charge is 2.36. The minimum atomic E-state index is -1.88. The first-order chi connectivity index (χ1) is 16.3. The molecule has 0 aliphatic heterocycles. The molecule has 0 aromatic carbocycles. The first kappa shape index (κ1) is 27.2. The summed E-state index contributed by atoms with van der Waals surface area (Å²) < 4.78 is 23.0. The number of hydrogen-bond acceptors (Lipinski definition) is 5. The molecule has 0 saturated heterocycles. The molecule has 0 bridgehead atoms. The predicted octanol–water partition coefficient (Wildman–Crippen LogP) is 5.66. The standard InChI is InChI=1S/C25H34ClFN4O3Si/c1-16(2)20-19(11-10-12-28-20)31-22-17(15-18(27)21(26)29-22)23(32)30(24(31)33)13-8-9-14-34-35(6,7)25(3,4)5/h10-12,15-16H,8-9,13-14H2,1-7H3. The topological polar surface area (TPSA) is 79.0 Å². The van der Waals surface area contributed by atoms with E-state index in [1.807, 2.05) is 13.8 Å². The van der Waals surface area contributed by atoms with Crippen LogP contribution in [0.15, 0.2) is 34.0 Å².